The smallest absolute Gasteiger partial charge is 0.331 e. The highest BCUT2D eigenvalue weighted by molar-refractivity contribution is 5.97. The monoisotopic (exact) mass is 429 g/mol. The van der Waals surface area contributed by atoms with Crippen LogP contribution in [-0.4, -0.2) is 41.5 Å². The Balaban J connectivity index is 1.97. The first-order chi connectivity index (χ1) is 14.6. The van der Waals surface area contributed by atoms with Crippen LogP contribution >= 0.6 is 0 Å². The summed E-state index contributed by atoms with van der Waals surface area (Å²) in [4.78, 5) is 24.5. The van der Waals surface area contributed by atoms with E-state index in [9.17, 15) is 9.59 Å². The number of aromatic nitrogens is 2. The summed E-state index contributed by atoms with van der Waals surface area (Å²) in [6.45, 7) is 9.88. The van der Waals surface area contributed by atoms with Crippen LogP contribution in [0.5, 0.6) is 11.5 Å². The van der Waals surface area contributed by atoms with Gasteiger partial charge in [0.25, 0.3) is 5.91 Å². The number of anilines is 1. The zero-order chi connectivity index (χ0) is 23.1. The van der Waals surface area contributed by atoms with E-state index >= 15 is 0 Å². The van der Waals surface area contributed by atoms with Crippen molar-refractivity contribution in [1.82, 2.24) is 9.78 Å². The van der Waals surface area contributed by atoms with Crippen molar-refractivity contribution in [3.8, 4) is 11.5 Å². The molecule has 1 atom stereocenters. The molecule has 0 radical (unpaired) electrons. The lowest BCUT2D eigenvalue weighted by Gasteiger charge is -2.13. The van der Waals surface area contributed by atoms with Crippen molar-refractivity contribution < 1.29 is 23.8 Å². The number of hydrogen-bond acceptors (Lipinski definition) is 6. The van der Waals surface area contributed by atoms with Gasteiger partial charge in [-0.3, -0.25) is 9.48 Å². The number of aryl methyl sites for hydroxylation is 2. The van der Waals surface area contributed by atoms with Crippen LogP contribution in [0.4, 0.5) is 5.69 Å². The lowest BCUT2D eigenvalue weighted by atomic mass is 10.2. The van der Waals surface area contributed by atoms with Crippen LogP contribution in [-0.2, 0) is 21.4 Å². The van der Waals surface area contributed by atoms with Crippen molar-refractivity contribution in [2.24, 2.45) is 13.0 Å². The van der Waals surface area contributed by atoms with Crippen molar-refractivity contribution in [1.29, 1.82) is 0 Å². The Bertz CT molecular complexity index is 962. The van der Waals surface area contributed by atoms with E-state index in [1.54, 1.807) is 44.0 Å². The van der Waals surface area contributed by atoms with Crippen LogP contribution in [0.3, 0.4) is 0 Å². The molecule has 8 nitrogen and oxygen atoms in total. The van der Waals surface area contributed by atoms with E-state index in [2.05, 4.69) is 24.3 Å². The van der Waals surface area contributed by atoms with Gasteiger partial charge in [0.15, 0.2) is 17.6 Å². The number of nitrogens with one attached hydrogen (secondary N) is 1. The predicted molar refractivity (Wildman–Crippen MR) is 119 cm³/mol. The number of ether oxygens (including phenoxy) is 3. The van der Waals surface area contributed by atoms with Crippen molar-refractivity contribution in [3.63, 3.8) is 0 Å². The number of carbonyl (C=O) groups is 2. The summed E-state index contributed by atoms with van der Waals surface area (Å²) in [7, 11) is 3.36. The third-order valence-electron chi connectivity index (χ3n) is 4.59. The fourth-order valence-corrected chi connectivity index (χ4v) is 2.77. The first-order valence-corrected chi connectivity index (χ1v) is 10.1. The molecule has 0 saturated carbocycles. The van der Waals surface area contributed by atoms with Gasteiger partial charge in [0.05, 0.1) is 30.8 Å². The number of benzene rings is 1. The van der Waals surface area contributed by atoms with Gasteiger partial charge in [-0.1, -0.05) is 19.9 Å². The van der Waals surface area contributed by atoms with Crippen molar-refractivity contribution in [3.05, 3.63) is 41.2 Å². The van der Waals surface area contributed by atoms with Gasteiger partial charge in [0.1, 0.15) is 0 Å². The lowest BCUT2D eigenvalue weighted by molar-refractivity contribution is -0.148. The summed E-state index contributed by atoms with van der Waals surface area (Å²) in [6.07, 6.45) is 1.91. The zero-order valence-corrected chi connectivity index (χ0v) is 19.2. The number of esters is 1. The molecule has 1 amide bonds. The molecule has 1 N–H and O–H groups in total. The first-order valence-electron chi connectivity index (χ1n) is 10.1. The van der Waals surface area contributed by atoms with E-state index < -0.39 is 18.0 Å². The van der Waals surface area contributed by atoms with Crippen LogP contribution < -0.4 is 14.8 Å². The summed E-state index contributed by atoms with van der Waals surface area (Å²) in [5.41, 5.74) is 2.88. The summed E-state index contributed by atoms with van der Waals surface area (Å²) >= 11 is 0. The highest BCUT2D eigenvalue weighted by Gasteiger charge is 2.20. The highest BCUT2D eigenvalue weighted by atomic mass is 16.5. The van der Waals surface area contributed by atoms with Crippen LogP contribution in [0, 0.1) is 19.8 Å². The summed E-state index contributed by atoms with van der Waals surface area (Å²) in [6, 6.07) is 5.37. The SMILES string of the molecule is COc1cc(/C=C/C(=O)O[C@H](C)C(=O)Nc2c(C)nn(C)c2C)ccc1OCC(C)C. The number of amides is 1. The molecule has 1 aromatic heterocycles. The highest BCUT2D eigenvalue weighted by Crippen LogP contribution is 2.29. The van der Waals surface area contributed by atoms with Crippen molar-refractivity contribution in [2.75, 3.05) is 19.0 Å². The summed E-state index contributed by atoms with van der Waals surface area (Å²) < 4.78 is 18.0. The maximum atomic E-state index is 12.4. The van der Waals surface area contributed by atoms with Gasteiger partial charge in [0.2, 0.25) is 0 Å². The van der Waals surface area contributed by atoms with Crippen LogP contribution in [0.1, 0.15) is 37.7 Å². The molecular weight excluding hydrogens is 398 g/mol. The lowest BCUT2D eigenvalue weighted by Crippen LogP contribution is -2.29. The van der Waals surface area contributed by atoms with Gasteiger partial charge in [-0.15, -0.1) is 0 Å². The van der Waals surface area contributed by atoms with E-state index in [1.165, 1.54) is 13.0 Å². The quantitative estimate of drug-likeness (QED) is 0.483. The zero-order valence-electron chi connectivity index (χ0n) is 19.2. The minimum atomic E-state index is -0.961. The third-order valence-corrected chi connectivity index (χ3v) is 4.59. The minimum Gasteiger partial charge on any atom is -0.493 e. The average molecular weight is 430 g/mol. The Kier molecular flexibility index (Phi) is 8.24. The molecule has 8 heteroatoms. The van der Waals surface area contributed by atoms with Gasteiger partial charge in [0, 0.05) is 13.1 Å². The minimum absolute atomic E-state index is 0.393. The van der Waals surface area contributed by atoms with Gasteiger partial charge in [-0.05, 0) is 50.5 Å². The van der Waals surface area contributed by atoms with Gasteiger partial charge in [-0.25, -0.2) is 4.79 Å². The topological polar surface area (TPSA) is 91.7 Å². The van der Waals surface area contributed by atoms with E-state index in [0.29, 0.717) is 35.4 Å². The van der Waals surface area contributed by atoms with Crippen LogP contribution in [0.25, 0.3) is 6.08 Å². The summed E-state index contributed by atoms with van der Waals surface area (Å²) in [5, 5.41) is 7.02. The second-order valence-corrected chi connectivity index (χ2v) is 7.69. The molecule has 0 unspecified atom stereocenters. The molecule has 1 heterocycles. The Morgan fingerprint density at radius 1 is 1.19 bits per heavy atom. The normalized spacial score (nSPS) is 12.1. The molecule has 31 heavy (non-hydrogen) atoms. The first kappa shape index (κ1) is 24.0. The number of carbonyl (C=O) groups excluding carboxylic acids is 2. The Hall–Kier alpha value is -3.29. The van der Waals surface area contributed by atoms with E-state index in [4.69, 9.17) is 14.2 Å². The van der Waals surface area contributed by atoms with E-state index in [1.807, 2.05) is 13.0 Å². The molecule has 2 aromatic rings. The maximum absolute atomic E-state index is 12.4. The number of methoxy groups -OCH3 is 1. The molecule has 1 aromatic carbocycles. The molecule has 0 spiro atoms. The number of nitrogens with zero attached hydrogens (tertiary/aromatic N) is 2. The van der Waals surface area contributed by atoms with Gasteiger partial charge in [-0.2, -0.15) is 5.10 Å². The molecule has 0 saturated heterocycles. The van der Waals surface area contributed by atoms with Gasteiger partial charge < -0.3 is 19.5 Å². The largest absolute Gasteiger partial charge is 0.493 e. The van der Waals surface area contributed by atoms with Crippen molar-refractivity contribution in [2.45, 2.75) is 40.7 Å². The third kappa shape index (κ3) is 6.60. The van der Waals surface area contributed by atoms with Crippen molar-refractivity contribution >= 4 is 23.6 Å². The van der Waals surface area contributed by atoms with Gasteiger partial charge >= 0.3 is 5.97 Å². The Morgan fingerprint density at radius 3 is 2.48 bits per heavy atom. The molecule has 0 aliphatic rings. The Labute approximate surface area is 183 Å². The Morgan fingerprint density at radius 2 is 1.90 bits per heavy atom. The predicted octanol–water partition coefficient (Wildman–Crippen LogP) is 3.66. The fourth-order valence-electron chi connectivity index (χ4n) is 2.77. The second-order valence-electron chi connectivity index (χ2n) is 7.69. The number of rotatable bonds is 9. The molecule has 0 aliphatic heterocycles. The average Bonchev–Trinajstić information content (AvgIpc) is 2.96. The molecule has 0 fully saturated rings. The fraction of sp³-hybridized carbons (Fsp3) is 0.435. The summed E-state index contributed by atoms with van der Waals surface area (Å²) in [5.74, 6) is 0.563. The maximum Gasteiger partial charge on any atom is 0.331 e. The molecular formula is C23H31N3O5. The second kappa shape index (κ2) is 10.7. The van der Waals surface area contributed by atoms with E-state index in [-0.39, 0.29) is 0 Å². The number of hydrogen-bond donors (Lipinski definition) is 1. The molecule has 0 aliphatic carbocycles. The standard InChI is InChI=1S/C23H31N3O5/c1-14(2)13-30-19-10-8-18(12-20(19)29-7)9-11-21(27)31-17(5)23(28)24-22-15(3)25-26(6)16(22)4/h8-12,14,17H,13H2,1-7H3,(H,24,28)/b11-9+/t17-/m1/s1. The molecule has 168 valence electrons. The van der Waals surface area contributed by atoms with Crippen LogP contribution in [0.2, 0.25) is 0 Å². The molecule has 0 bridgehead atoms. The molecule has 2 rings (SSSR count). The van der Waals surface area contributed by atoms with E-state index in [0.717, 1.165) is 11.3 Å². The van der Waals surface area contributed by atoms with Crippen LogP contribution in [0.15, 0.2) is 24.3 Å².